The van der Waals surface area contributed by atoms with Gasteiger partial charge in [-0.3, -0.25) is 0 Å². The van der Waals surface area contributed by atoms with Crippen LogP contribution in [0.25, 0.3) is 0 Å². The molecule has 3 heteroatoms. The van der Waals surface area contributed by atoms with Gasteiger partial charge in [0.15, 0.2) is 0 Å². The Balaban J connectivity index is 1.96. The summed E-state index contributed by atoms with van der Waals surface area (Å²) >= 11 is 3.93. The van der Waals surface area contributed by atoms with Gasteiger partial charge in [0, 0.05) is 11.3 Å². The lowest BCUT2D eigenvalue weighted by molar-refractivity contribution is 0.432. The topological polar surface area (TPSA) is 12.0 Å². The van der Waals surface area contributed by atoms with E-state index < -0.39 is 0 Å². The molecule has 1 aliphatic heterocycles. The third-order valence-corrected chi connectivity index (χ3v) is 5.14. The quantitative estimate of drug-likeness (QED) is 0.833. The van der Waals surface area contributed by atoms with Crippen LogP contribution in [-0.2, 0) is 6.42 Å². The summed E-state index contributed by atoms with van der Waals surface area (Å²) < 4.78 is 0. The molecule has 0 spiro atoms. The molecule has 1 N–H and O–H groups in total. The predicted molar refractivity (Wildman–Crippen MR) is 66.1 cm³/mol. The van der Waals surface area contributed by atoms with Crippen LogP contribution in [-0.4, -0.2) is 17.2 Å². The average Bonchev–Trinajstić information content (AvgIpc) is 2.63. The molecular formula is C11H17NS2. The van der Waals surface area contributed by atoms with Crippen molar-refractivity contribution in [3.8, 4) is 0 Å². The summed E-state index contributed by atoms with van der Waals surface area (Å²) in [6.07, 6.45) is 1.15. The molecule has 0 radical (unpaired) electrons. The van der Waals surface area contributed by atoms with Crippen LogP contribution in [0.3, 0.4) is 0 Å². The maximum Gasteiger partial charge on any atom is 0.0665 e. The Bertz CT molecular complexity index is 273. The molecule has 1 aliphatic rings. The fourth-order valence-electron chi connectivity index (χ4n) is 1.69. The first-order chi connectivity index (χ1) is 6.68. The number of nitrogens with one attached hydrogen (secondary N) is 1. The highest BCUT2D eigenvalue weighted by molar-refractivity contribution is 8.00. The minimum Gasteiger partial charge on any atom is -0.302 e. The van der Waals surface area contributed by atoms with Crippen molar-refractivity contribution in [3.05, 3.63) is 22.4 Å². The van der Waals surface area contributed by atoms with Gasteiger partial charge in [-0.2, -0.15) is 0 Å². The van der Waals surface area contributed by atoms with Gasteiger partial charge in [0.25, 0.3) is 0 Å². The molecular weight excluding hydrogens is 210 g/mol. The second-order valence-corrected chi connectivity index (χ2v) is 6.84. The standard InChI is InChI=1S/C11H17NS2/c1-9-7-12-11(2,14-8-9)6-10-4-3-5-13-10/h3-5,9,12H,6-8H2,1-2H3. The minimum absolute atomic E-state index is 0.261. The molecule has 1 nitrogen and oxygen atoms in total. The Hall–Kier alpha value is 0.01000. The van der Waals surface area contributed by atoms with Crippen LogP contribution in [0.1, 0.15) is 18.7 Å². The second kappa shape index (κ2) is 4.25. The monoisotopic (exact) mass is 227 g/mol. The van der Waals surface area contributed by atoms with Crippen LogP contribution in [0.15, 0.2) is 17.5 Å². The van der Waals surface area contributed by atoms with Crippen molar-refractivity contribution in [2.45, 2.75) is 25.1 Å². The van der Waals surface area contributed by atoms with Gasteiger partial charge in [0.05, 0.1) is 4.87 Å². The lowest BCUT2D eigenvalue weighted by Crippen LogP contribution is -2.47. The van der Waals surface area contributed by atoms with Crippen molar-refractivity contribution in [2.75, 3.05) is 12.3 Å². The molecule has 0 aliphatic carbocycles. The summed E-state index contributed by atoms with van der Waals surface area (Å²) in [5.74, 6) is 2.10. The number of thioether (sulfide) groups is 1. The summed E-state index contributed by atoms with van der Waals surface area (Å²) in [5, 5.41) is 5.81. The second-order valence-electron chi connectivity index (χ2n) is 4.28. The molecule has 0 bridgehead atoms. The number of thiophene rings is 1. The zero-order valence-corrected chi connectivity index (χ0v) is 10.4. The highest BCUT2D eigenvalue weighted by Crippen LogP contribution is 2.32. The predicted octanol–water partition coefficient (Wildman–Crippen LogP) is 2.98. The molecule has 1 aromatic rings. The van der Waals surface area contributed by atoms with Gasteiger partial charge in [-0.1, -0.05) is 13.0 Å². The van der Waals surface area contributed by atoms with E-state index in [2.05, 4.69) is 48.4 Å². The summed E-state index contributed by atoms with van der Waals surface area (Å²) in [5.41, 5.74) is 0. The van der Waals surface area contributed by atoms with Crippen molar-refractivity contribution in [3.63, 3.8) is 0 Å². The van der Waals surface area contributed by atoms with Crippen LogP contribution in [0.5, 0.6) is 0 Å². The molecule has 2 heterocycles. The molecule has 1 aromatic heterocycles. The molecule has 2 rings (SSSR count). The molecule has 0 aromatic carbocycles. The van der Waals surface area contributed by atoms with E-state index in [0.717, 1.165) is 18.9 Å². The first kappa shape index (κ1) is 10.5. The molecule has 0 saturated carbocycles. The van der Waals surface area contributed by atoms with E-state index in [1.165, 1.54) is 10.6 Å². The van der Waals surface area contributed by atoms with E-state index in [0.29, 0.717) is 0 Å². The Morgan fingerprint density at radius 1 is 1.64 bits per heavy atom. The van der Waals surface area contributed by atoms with E-state index in [4.69, 9.17) is 0 Å². The van der Waals surface area contributed by atoms with Crippen molar-refractivity contribution in [1.82, 2.24) is 5.32 Å². The van der Waals surface area contributed by atoms with Crippen LogP contribution in [0, 0.1) is 5.92 Å². The summed E-state index contributed by atoms with van der Waals surface area (Å²) in [4.78, 5) is 1.75. The molecule has 2 atom stereocenters. The lowest BCUT2D eigenvalue weighted by atomic mass is 10.1. The van der Waals surface area contributed by atoms with Crippen molar-refractivity contribution >= 4 is 23.1 Å². The minimum atomic E-state index is 0.261. The fourth-order valence-corrected chi connectivity index (χ4v) is 3.85. The van der Waals surface area contributed by atoms with Gasteiger partial charge in [0.2, 0.25) is 0 Å². The van der Waals surface area contributed by atoms with E-state index in [1.54, 1.807) is 0 Å². The first-order valence-electron chi connectivity index (χ1n) is 5.09. The highest BCUT2D eigenvalue weighted by atomic mass is 32.2. The largest absolute Gasteiger partial charge is 0.302 e. The lowest BCUT2D eigenvalue weighted by Gasteiger charge is -2.36. The van der Waals surface area contributed by atoms with Gasteiger partial charge >= 0.3 is 0 Å². The Kier molecular flexibility index (Phi) is 3.20. The van der Waals surface area contributed by atoms with Crippen LogP contribution >= 0.6 is 23.1 Å². The van der Waals surface area contributed by atoms with Crippen LogP contribution in [0.2, 0.25) is 0 Å². The zero-order chi connectivity index (χ0) is 10.0. The Morgan fingerprint density at radius 3 is 3.07 bits per heavy atom. The van der Waals surface area contributed by atoms with Crippen molar-refractivity contribution in [2.24, 2.45) is 5.92 Å². The third kappa shape index (κ3) is 2.53. The maximum absolute atomic E-state index is 3.65. The Labute approximate surface area is 94.3 Å². The van der Waals surface area contributed by atoms with E-state index in [9.17, 15) is 0 Å². The molecule has 78 valence electrons. The SMILES string of the molecule is CC1CNC(C)(Cc2cccs2)SC1. The zero-order valence-electron chi connectivity index (χ0n) is 8.75. The van der Waals surface area contributed by atoms with E-state index in [1.807, 2.05) is 11.3 Å². The molecule has 1 fully saturated rings. The van der Waals surface area contributed by atoms with Crippen LogP contribution < -0.4 is 5.32 Å². The smallest absolute Gasteiger partial charge is 0.0665 e. The average molecular weight is 227 g/mol. The first-order valence-corrected chi connectivity index (χ1v) is 6.96. The van der Waals surface area contributed by atoms with Gasteiger partial charge in [-0.15, -0.1) is 23.1 Å². The molecule has 14 heavy (non-hydrogen) atoms. The fraction of sp³-hybridized carbons (Fsp3) is 0.636. The van der Waals surface area contributed by atoms with E-state index >= 15 is 0 Å². The van der Waals surface area contributed by atoms with Gasteiger partial charge in [-0.25, -0.2) is 0 Å². The highest BCUT2D eigenvalue weighted by Gasteiger charge is 2.29. The Morgan fingerprint density at radius 2 is 2.50 bits per heavy atom. The summed E-state index contributed by atoms with van der Waals surface area (Å²) in [6, 6.07) is 4.37. The number of rotatable bonds is 2. The summed E-state index contributed by atoms with van der Waals surface area (Å²) in [7, 11) is 0. The van der Waals surface area contributed by atoms with Gasteiger partial charge < -0.3 is 5.32 Å². The third-order valence-electron chi connectivity index (χ3n) is 2.60. The summed E-state index contributed by atoms with van der Waals surface area (Å²) in [6.45, 7) is 5.79. The van der Waals surface area contributed by atoms with Gasteiger partial charge in [0.1, 0.15) is 0 Å². The number of hydrogen-bond donors (Lipinski definition) is 1. The van der Waals surface area contributed by atoms with Gasteiger partial charge in [-0.05, 0) is 36.6 Å². The van der Waals surface area contributed by atoms with Crippen LogP contribution in [0.4, 0.5) is 0 Å². The number of hydrogen-bond acceptors (Lipinski definition) is 3. The molecule has 1 saturated heterocycles. The van der Waals surface area contributed by atoms with Crippen molar-refractivity contribution < 1.29 is 0 Å². The molecule has 2 unspecified atom stereocenters. The normalized spacial score (nSPS) is 33.1. The maximum atomic E-state index is 3.65. The van der Waals surface area contributed by atoms with E-state index in [-0.39, 0.29) is 4.87 Å². The molecule has 0 amide bonds. The van der Waals surface area contributed by atoms with Crippen molar-refractivity contribution in [1.29, 1.82) is 0 Å².